The summed E-state index contributed by atoms with van der Waals surface area (Å²) in [6, 6.07) is 8.05. The molecular weight excluding hydrogens is 455 g/mol. The van der Waals surface area contributed by atoms with Crippen LogP contribution in [0.15, 0.2) is 29.3 Å². The van der Waals surface area contributed by atoms with Crippen molar-refractivity contribution in [2.45, 2.75) is 0 Å². The van der Waals surface area contributed by atoms with Gasteiger partial charge in [0.2, 0.25) is 0 Å². The number of nitrogens with zero attached hydrogens (tertiary/aromatic N) is 3. The molecule has 0 radical (unpaired) electrons. The summed E-state index contributed by atoms with van der Waals surface area (Å²) in [6.07, 6.45) is 1.24. The number of rotatable bonds is 5. The molecule has 0 unspecified atom stereocenters. The third kappa shape index (κ3) is 6.89. The van der Waals surface area contributed by atoms with E-state index in [4.69, 9.17) is 4.74 Å². The maximum Gasteiger partial charge on any atom is 0.193 e. The first-order chi connectivity index (χ1) is 11.4. The number of piperazine rings is 1. The Balaban J connectivity index is 0.00000312. The molecule has 1 fully saturated rings. The summed E-state index contributed by atoms with van der Waals surface area (Å²) in [5, 5.41) is 3.13. The molecule has 1 aliphatic heterocycles. The molecule has 142 valence electrons. The lowest BCUT2D eigenvalue weighted by Gasteiger charge is -2.37. The molecule has 0 aromatic heterocycles. The van der Waals surface area contributed by atoms with Gasteiger partial charge in [-0.05, 0) is 12.1 Å². The SMILES string of the molecule is CN=C(NCCS(C)(=O)=O)N1CCN(c2cccc(OC)c2)CC1.I. The minimum absolute atomic E-state index is 0. The molecule has 0 saturated carbocycles. The second-order valence-corrected chi connectivity index (χ2v) is 8.04. The number of aliphatic imine (C=N–C) groups is 1. The topological polar surface area (TPSA) is 74.2 Å². The van der Waals surface area contributed by atoms with Crippen LogP contribution >= 0.6 is 24.0 Å². The highest BCUT2D eigenvalue weighted by Gasteiger charge is 2.20. The molecule has 2 rings (SSSR count). The van der Waals surface area contributed by atoms with Crippen LogP contribution in [-0.4, -0.2) is 78.2 Å². The van der Waals surface area contributed by atoms with E-state index in [9.17, 15) is 8.42 Å². The molecule has 0 atom stereocenters. The lowest BCUT2D eigenvalue weighted by Crippen LogP contribution is -2.53. The molecule has 1 heterocycles. The summed E-state index contributed by atoms with van der Waals surface area (Å²) < 4.78 is 27.7. The molecule has 0 bridgehead atoms. The zero-order valence-corrected chi connectivity index (χ0v) is 18.1. The maximum atomic E-state index is 11.2. The summed E-state index contributed by atoms with van der Waals surface area (Å²) in [4.78, 5) is 8.71. The molecule has 1 saturated heterocycles. The van der Waals surface area contributed by atoms with Crippen LogP contribution in [0.3, 0.4) is 0 Å². The minimum Gasteiger partial charge on any atom is -0.497 e. The van der Waals surface area contributed by atoms with Gasteiger partial charge in [-0.2, -0.15) is 0 Å². The number of guanidine groups is 1. The maximum absolute atomic E-state index is 11.2. The van der Waals surface area contributed by atoms with E-state index < -0.39 is 9.84 Å². The van der Waals surface area contributed by atoms with E-state index in [0.717, 1.165) is 43.6 Å². The summed E-state index contributed by atoms with van der Waals surface area (Å²) >= 11 is 0. The van der Waals surface area contributed by atoms with Crippen LogP contribution in [0.1, 0.15) is 0 Å². The summed E-state index contributed by atoms with van der Waals surface area (Å²) in [7, 11) is 0.423. The van der Waals surface area contributed by atoms with Gasteiger partial charge in [0.15, 0.2) is 5.96 Å². The van der Waals surface area contributed by atoms with Gasteiger partial charge >= 0.3 is 0 Å². The van der Waals surface area contributed by atoms with Gasteiger partial charge in [-0.1, -0.05) is 6.07 Å². The fourth-order valence-corrected chi connectivity index (χ4v) is 3.14. The number of hydrogen-bond donors (Lipinski definition) is 1. The third-order valence-electron chi connectivity index (χ3n) is 3.97. The Morgan fingerprint density at radius 1 is 1.28 bits per heavy atom. The van der Waals surface area contributed by atoms with Gasteiger partial charge in [-0.15, -0.1) is 24.0 Å². The molecule has 1 aromatic rings. The fraction of sp³-hybridized carbons (Fsp3) is 0.562. The Morgan fingerprint density at radius 2 is 1.96 bits per heavy atom. The minimum atomic E-state index is -2.97. The van der Waals surface area contributed by atoms with E-state index >= 15 is 0 Å². The third-order valence-corrected chi connectivity index (χ3v) is 4.91. The monoisotopic (exact) mass is 482 g/mol. The molecule has 0 amide bonds. The molecule has 25 heavy (non-hydrogen) atoms. The van der Waals surface area contributed by atoms with Gasteiger partial charge in [0.25, 0.3) is 0 Å². The van der Waals surface area contributed by atoms with Crippen LogP contribution in [0.5, 0.6) is 5.75 Å². The van der Waals surface area contributed by atoms with Crippen molar-refractivity contribution in [3.8, 4) is 5.75 Å². The molecule has 9 heteroatoms. The molecule has 7 nitrogen and oxygen atoms in total. The van der Waals surface area contributed by atoms with Crippen molar-refractivity contribution in [2.75, 3.05) is 63.8 Å². The number of nitrogens with one attached hydrogen (secondary N) is 1. The highest BCUT2D eigenvalue weighted by Crippen LogP contribution is 2.22. The van der Waals surface area contributed by atoms with E-state index in [1.807, 2.05) is 18.2 Å². The first kappa shape index (κ1) is 21.8. The number of hydrogen-bond acceptors (Lipinski definition) is 5. The van der Waals surface area contributed by atoms with Crippen molar-refractivity contribution < 1.29 is 13.2 Å². The standard InChI is InChI=1S/C16H26N4O3S.HI/c1-17-16(18-7-12-24(3,21)22)20-10-8-19(9-11-20)14-5-4-6-15(13-14)23-2;/h4-6,13H,7-12H2,1-3H3,(H,17,18);1H. The normalized spacial score (nSPS) is 15.6. The van der Waals surface area contributed by atoms with Gasteiger partial charge in [-0.3, -0.25) is 4.99 Å². The quantitative estimate of drug-likeness (QED) is 0.385. The molecular formula is C16H27IN4O3S. The average molecular weight is 482 g/mol. The predicted octanol–water partition coefficient (Wildman–Crippen LogP) is 1.06. The van der Waals surface area contributed by atoms with Crippen LogP contribution in [0, 0.1) is 0 Å². The Hall–Kier alpha value is -1.23. The van der Waals surface area contributed by atoms with Crippen molar-refractivity contribution in [1.82, 2.24) is 10.2 Å². The highest BCUT2D eigenvalue weighted by atomic mass is 127. The Labute approximate surface area is 167 Å². The van der Waals surface area contributed by atoms with Gasteiger partial charge < -0.3 is 19.9 Å². The Bertz CT molecular complexity index is 674. The molecule has 1 aromatic carbocycles. The zero-order chi connectivity index (χ0) is 17.6. The van der Waals surface area contributed by atoms with Gasteiger partial charge in [0.1, 0.15) is 15.6 Å². The van der Waals surface area contributed by atoms with E-state index in [-0.39, 0.29) is 29.7 Å². The van der Waals surface area contributed by atoms with Crippen LogP contribution in [-0.2, 0) is 9.84 Å². The zero-order valence-electron chi connectivity index (χ0n) is 14.9. The van der Waals surface area contributed by atoms with Crippen LogP contribution < -0.4 is 15.0 Å². The second-order valence-electron chi connectivity index (χ2n) is 5.78. The summed E-state index contributed by atoms with van der Waals surface area (Å²) in [5.74, 6) is 1.72. The highest BCUT2D eigenvalue weighted by molar-refractivity contribution is 14.0. The fourth-order valence-electron chi connectivity index (χ4n) is 2.66. The smallest absolute Gasteiger partial charge is 0.193 e. The first-order valence-electron chi connectivity index (χ1n) is 7.95. The average Bonchev–Trinajstić information content (AvgIpc) is 2.58. The molecule has 0 spiro atoms. The Kier molecular flexibility index (Phi) is 8.77. The van der Waals surface area contributed by atoms with E-state index in [1.165, 1.54) is 6.26 Å². The van der Waals surface area contributed by atoms with E-state index in [0.29, 0.717) is 6.54 Å². The van der Waals surface area contributed by atoms with Crippen molar-refractivity contribution in [3.05, 3.63) is 24.3 Å². The van der Waals surface area contributed by atoms with Crippen molar-refractivity contribution >= 4 is 45.5 Å². The number of halogens is 1. The van der Waals surface area contributed by atoms with Crippen LogP contribution in [0.4, 0.5) is 5.69 Å². The number of methoxy groups -OCH3 is 1. The lowest BCUT2D eigenvalue weighted by molar-refractivity contribution is 0.373. The Morgan fingerprint density at radius 3 is 2.52 bits per heavy atom. The van der Waals surface area contributed by atoms with E-state index in [1.54, 1.807) is 14.2 Å². The number of anilines is 1. The lowest BCUT2D eigenvalue weighted by atomic mass is 10.2. The molecule has 1 N–H and O–H groups in total. The first-order valence-corrected chi connectivity index (χ1v) is 10.0. The van der Waals surface area contributed by atoms with E-state index in [2.05, 4.69) is 26.2 Å². The molecule has 0 aliphatic carbocycles. The summed E-state index contributed by atoms with van der Waals surface area (Å²) in [5.41, 5.74) is 1.15. The molecule has 1 aliphatic rings. The van der Waals surface area contributed by atoms with Crippen LogP contribution in [0.2, 0.25) is 0 Å². The largest absolute Gasteiger partial charge is 0.497 e. The predicted molar refractivity (Wildman–Crippen MR) is 113 cm³/mol. The second kappa shape index (κ2) is 10.0. The number of ether oxygens (including phenoxy) is 1. The van der Waals surface area contributed by atoms with Gasteiger partial charge in [-0.25, -0.2) is 8.42 Å². The summed E-state index contributed by atoms with van der Waals surface area (Å²) in [6.45, 7) is 3.78. The van der Waals surface area contributed by atoms with Crippen molar-refractivity contribution in [3.63, 3.8) is 0 Å². The van der Waals surface area contributed by atoms with Crippen LogP contribution in [0.25, 0.3) is 0 Å². The number of sulfone groups is 1. The van der Waals surface area contributed by atoms with Crippen molar-refractivity contribution in [1.29, 1.82) is 0 Å². The van der Waals surface area contributed by atoms with Gasteiger partial charge in [0, 0.05) is 57.8 Å². The number of benzene rings is 1. The van der Waals surface area contributed by atoms with Crippen molar-refractivity contribution in [2.24, 2.45) is 4.99 Å². The van der Waals surface area contributed by atoms with Gasteiger partial charge in [0.05, 0.1) is 12.9 Å².